The molecule has 0 atom stereocenters. The fourth-order valence-electron chi connectivity index (χ4n) is 2.22. The molecule has 19 heavy (non-hydrogen) atoms. The molecule has 2 heterocycles. The predicted molar refractivity (Wildman–Crippen MR) is 75.7 cm³/mol. The molecule has 0 radical (unpaired) electrons. The van der Waals surface area contributed by atoms with Crippen LogP contribution in [0.25, 0.3) is 0 Å². The summed E-state index contributed by atoms with van der Waals surface area (Å²) in [5, 5.41) is 8.29. The Balaban J connectivity index is 2.12. The molecular weight excluding hydrogens is 242 g/mol. The molecule has 6 heteroatoms. The van der Waals surface area contributed by atoms with Gasteiger partial charge in [-0.05, 0) is 12.8 Å². The van der Waals surface area contributed by atoms with Crippen molar-refractivity contribution in [3.8, 4) is 0 Å². The Morgan fingerprint density at radius 1 is 1.21 bits per heavy atom. The highest BCUT2D eigenvalue weighted by Crippen LogP contribution is 2.15. The average Bonchev–Trinajstić information content (AvgIpc) is 2.48. The number of anilines is 2. The molecule has 0 unspecified atom stereocenters. The molecule has 1 aromatic heterocycles. The van der Waals surface area contributed by atoms with Crippen LogP contribution in [0.3, 0.4) is 0 Å². The maximum atomic E-state index is 5.36. The SMILES string of the molecule is CCCN(CCC)c1nncc(N2CCOCC2)n1. The third-order valence-corrected chi connectivity index (χ3v) is 3.14. The molecule has 0 N–H and O–H groups in total. The molecule has 106 valence electrons. The Hall–Kier alpha value is -1.43. The van der Waals surface area contributed by atoms with Gasteiger partial charge in [-0.15, -0.1) is 5.10 Å². The molecule has 0 aliphatic carbocycles. The van der Waals surface area contributed by atoms with E-state index < -0.39 is 0 Å². The second kappa shape index (κ2) is 7.23. The minimum atomic E-state index is 0.743. The second-order valence-corrected chi connectivity index (χ2v) is 4.70. The summed E-state index contributed by atoms with van der Waals surface area (Å²) in [6.45, 7) is 9.55. The van der Waals surface area contributed by atoms with Crippen molar-refractivity contribution in [1.82, 2.24) is 15.2 Å². The molecule has 1 aromatic rings. The van der Waals surface area contributed by atoms with Crippen molar-refractivity contribution in [2.45, 2.75) is 26.7 Å². The van der Waals surface area contributed by atoms with E-state index in [0.717, 1.165) is 64.0 Å². The van der Waals surface area contributed by atoms with Gasteiger partial charge >= 0.3 is 0 Å². The first-order valence-corrected chi connectivity index (χ1v) is 7.12. The van der Waals surface area contributed by atoms with Gasteiger partial charge in [-0.3, -0.25) is 0 Å². The van der Waals surface area contributed by atoms with Crippen LogP contribution in [0.4, 0.5) is 11.8 Å². The summed E-state index contributed by atoms with van der Waals surface area (Å²) in [5.74, 6) is 1.65. The Kier molecular flexibility index (Phi) is 5.32. The zero-order valence-corrected chi connectivity index (χ0v) is 11.9. The lowest BCUT2D eigenvalue weighted by Gasteiger charge is -2.28. The molecule has 0 spiro atoms. The average molecular weight is 265 g/mol. The van der Waals surface area contributed by atoms with Gasteiger partial charge in [-0.2, -0.15) is 10.1 Å². The van der Waals surface area contributed by atoms with Gasteiger partial charge in [-0.1, -0.05) is 13.8 Å². The minimum Gasteiger partial charge on any atom is -0.378 e. The molecule has 6 nitrogen and oxygen atoms in total. The third kappa shape index (κ3) is 3.76. The Morgan fingerprint density at radius 3 is 2.53 bits per heavy atom. The van der Waals surface area contributed by atoms with Gasteiger partial charge in [0.1, 0.15) is 0 Å². The van der Waals surface area contributed by atoms with Crippen LogP contribution in [0.1, 0.15) is 26.7 Å². The van der Waals surface area contributed by atoms with E-state index in [9.17, 15) is 0 Å². The predicted octanol–water partition coefficient (Wildman–Crippen LogP) is 1.33. The Morgan fingerprint density at radius 2 is 1.89 bits per heavy atom. The van der Waals surface area contributed by atoms with Gasteiger partial charge in [0.25, 0.3) is 0 Å². The molecule has 1 aliphatic heterocycles. The standard InChI is InChI=1S/C13H23N5O/c1-3-5-18(6-4-2)13-15-12(11-14-16-13)17-7-9-19-10-8-17/h11H,3-10H2,1-2H3. The fraction of sp³-hybridized carbons (Fsp3) is 0.769. The van der Waals surface area contributed by atoms with E-state index in [1.165, 1.54) is 0 Å². The van der Waals surface area contributed by atoms with Gasteiger partial charge in [-0.25, -0.2) is 0 Å². The quantitative estimate of drug-likeness (QED) is 0.773. The van der Waals surface area contributed by atoms with Crippen molar-refractivity contribution in [3.05, 3.63) is 6.20 Å². The summed E-state index contributed by atoms with van der Waals surface area (Å²) in [4.78, 5) is 9.07. The number of nitrogens with zero attached hydrogens (tertiary/aromatic N) is 5. The molecular formula is C13H23N5O. The number of ether oxygens (including phenoxy) is 1. The van der Waals surface area contributed by atoms with Crippen molar-refractivity contribution in [3.63, 3.8) is 0 Å². The molecule has 0 bridgehead atoms. The first-order valence-electron chi connectivity index (χ1n) is 7.12. The second-order valence-electron chi connectivity index (χ2n) is 4.70. The highest BCUT2D eigenvalue weighted by molar-refractivity contribution is 5.41. The Bertz CT molecular complexity index is 375. The lowest BCUT2D eigenvalue weighted by Crippen LogP contribution is -2.37. The van der Waals surface area contributed by atoms with Crippen LogP contribution in [-0.2, 0) is 4.74 Å². The number of hydrogen-bond acceptors (Lipinski definition) is 6. The Labute approximate surface area is 114 Å². The molecule has 1 fully saturated rings. The lowest BCUT2D eigenvalue weighted by atomic mass is 10.4. The number of aromatic nitrogens is 3. The number of morpholine rings is 1. The van der Waals surface area contributed by atoms with Gasteiger partial charge in [0, 0.05) is 26.2 Å². The third-order valence-electron chi connectivity index (χ3n) is 3.14. The van der Waals surface area contributed by atoms with Crippen LogP contribution in [0.15, 0.2) is 6.20 Å². The molecule has 2 rings (SSSR count). The summed E-state index contributed by atoms with van der Waals surface area (Å²) < 4.78 is 5.36. The van der Waals surface area contributed by atoms with Crippen LogP contribution >= 0.6 is 0 Å². The highest BCUT2D eigenvalue weighted by Gasteiger charge is 2.15. The monoisotopic (exact) mass is 265 g/mol. The maximum Gasteiger partial charge on any atom is 0.247 e. The van der Waals surface area contributed by atoms with Crippen molar-refractivity contribution < 1.29 is 4.74 Å². The van der Waals surface area contributed by atoms with Gasteiger partial charge < -0.3 is 14.5 Å². The van der Waals surface area contributed by atoms with E-state index in [4.69, 9.17) is 4.74 Å². The first kappa shape index (κ1) is 14.0. The van der Waals surface area contributed by atoms with Crippen molar-refractivity contribution in [2.24, 2.45) is 0 Å². The largest absolute Gasteiger partial charge is 0.378 e. The number of rotatable bonds is 6. The number of hydrogen-bond donors (Lipinski definition) is 0. The van der Waals surface area contributed by atoms with Crippen molar-refractivity contribution >= 4 is 11.8 Å². The molecule has 0 aromatic carbocycles. The minimum absolute atomic E-state index is 0.743. The summed E-state index contributed by atoms with van der Waals surface area (Å²) >= 11 is 0. The molecule has 1 saturated heterocycles. The summed E-state index contributed by atoms with van der Waals surface area (Å²) in [5.41, 5.74) is 0. The molecule has 0 saturated carbocycles. The van der Waals surface area contributed by atoms with E-state index in [2.05, 4.69) is 38.8 Å². The topological polar surface area (TPSA) is 54.4 Å². The zero-order valence-electron chi connectivity index (χ0n) is 11.9. The summed E-state index contributed by atoms with van der Waals surface area (Å²) in [6.07, 6.45) is 3.92. The van der Waals surface area contributed by atoms with Crippen LogP contribution < -0.4 is 9.80 Å². The normalized spacial score (nSPS) is 15.6. The fourth-order valence-corrected chi connectivity index (χ4v) is 2.22. The van der Waals surface area contributed by atoms with E-state index in [0.29, 0.717) is 0 Å². The van der Waals surface area contributed by atoms with E-state index in [-0.39, 0.29) is 0 Å². The molecule has 1 aliphatic rings. The van der Waals surface area contributed by atoms with Gasteiger partial charge in [0.2, 0.25) is 5.95 Å². The maximum absolute atomic E-state index is 5.36. The summed E-state index contributed by atoms with van der Waals surface area (Å²) in [6, 6.07) is 0. The van der Waals surface area contributed by atoms with Crippen molar-refractivity contribution in [2.75, 3.05) is 49.2 Å². The smallest absolute Gasteiger partial charge is 0.247 e. The van der Waals surface area contributed by atoms with E-state index in [1.54, 1.807) is 6.20 Å². The van der Waals surface area contributed by atoms with E-state index in [1.807, 2.05) is 0 Å². The van der Waals surface area contributed by atoms with Crippen LogP contribution in [0, 0.1) is 0 Å². The van der Waals surface area contributed by atoms with Crippen LogP contribution in [0.2, 0.25) is 0 Å². The van der Waals surface area contributed by atoms with E-state index >= 15 is 0 Å². The lowest BCUT2D eigenvalue weighted by molar-refractivity contribution is 0.122. The van der Waals surface area contributed by atoms with Crippen LogP contribution in [-0.4, -0.2) is 54.6 Å². The highest BCUT2D eigenvalue weighted by atomic mass is 16.5. The van der Waals surface area contributed by atoms with Gasteiger partial charge in [0.15, 0.2) is 5.82 Å². The zero-order chi connectivity index (χ0) is 13.5. The van der Waals surface area contributed by atoms with Gasteiger partial charge in [0.05, 0.1) is 19.4 Å². The summed E-state index contributed by atoms with van der Waals surface area (Å²) in [7, 11) is 0. The van der Waals surface area contributed by atoms with Crippen LogP contribution in [0.5, 0.6) is 0 Å². The molecule has 0 amide bonds. The van der Waals surface area contributed by atoms with Crippen molar-refractivity contribution in [1.29, 1.82) is 0 Å². The first-order chi connectivity index (χ1) is 9.35.